The number of aryl methyl sites for hydroxylation is 1. The third-order valence-corrected chi connectivity index (χ3v) is 4.02. The summed E-state index contributed by atoms with van der Waals surface area (Å²) >= 11 is 2.24. The Hall–Kier alpha value is -2.16. The number of halogens is 1. The number of carbonyl (C=O) groups is 1. The van der Waals surface area contributed by atoms with Gasteiger partial charge >= 0.3 is 0 Å². The molecule has 0 spiro atoms. The molecule has 0 bridgehead atoms. The molecule has 0 aliphatic rings. The van der Waals surface area contributed by atoms with Crippen molar-refractivity contribution >= 4 is 45.6 Å². The fourth-order valence-electron chi connectivity index (χ4n) is 2.08. The van der Waals surface area contributed by atoms with Gasteiger partial charge in [-0.1, -0.05) is 12.1 Å². The Morgan fingerprint density at radius 1 is 1.22 bits per heavy atom. The van der Waals surface area contributed by atoms with E-state index in [0.717, 1.165) is 6.42 Å². The molecule has 120 valence electrons. The Bertz CT molecular complexity index is 717. The van der Waals surface area contributed by atoms with Crippen LogP contribution in [0.4, 0.5) is 17.1 Å². The molecular formula is C16H16IN3O3. The zero-order chi connectivity index (χ0) is 16.8. The topological polar surface area (TPSA) is 98.3 Å². The molecule has 6 nitrogen and oxygen atoms in total. The predicted molar refractivity (Wildman–Crippen MR) is 98.2 cm³/mol. The minimum atomic E-state index is -0.522. The van der Waals surface area contributed by atoms with E-state index in [-0.39, 0.29) is 17.3 Å². The third-order valence-electron chi connectivity index (χ3n) is 3.30. The molecule has 0 atom stereocenters. The van der Waals surface area contributed by atoms with Gasteiger partial charge in [-0.3, -0.25) is 14.9 Å². The van der Waals surface area contributed by atoms with Crippen LogP contribution < -0.4 is 11.1 Å². The number of nitro benzene ring substituents is 1. The van der Waals surface area contributed by atoms with Crippen molar-refractivity contribution in [3.63, 3.8) is 0 Å². The summed E-state index contributed by atoms with van der Waals surface area (Å²) in [6.07, 6.45) is 1.82. The number of anilines is 2. The summed E-state index contributed by atoms with van der Waals surface area (Å²) in [6, 6.07) is 12.1. The van der Waals surface area contributed by atoms with E-state index in [9.17, 15) is 14.9 Å². The van der Waals surface area contributed by atoms with Gasteiger partial charge in [-0.2, -0.15) is 0 Å². The summed E-state index contributed by atoms with van der Waals surface area (Å²) < 4.78 is 1.17. The molecule has 0 saturated carbocycles. The lowest BCUT2D eigenvalue weighted by Gasteiger charge is -2.08. The number of nitrogens with zero attached hydrogens (tertiary/aromatic N) is 1. The quantitative estimate of drug-likeness (QED) is 0.319. The number of rotatable bonds is 6. The zero-order valence-corrected chi connectivity index (χ0v) is 14.4. The van der Waals surface area contributed by atoms with Crippen molar-refractivity contribution in [1.29, 1.82) is 0 Å². The summed E-state index contributed by atoms with van der Waals surface area (Å²) in [5.74, 6) is -0.206. The number of amides is 1. The molecule has 2 aromatic carbocycles. The number of hydrogen-bond acceptors (Lipinski definition) is 4. The van der Waals surface area contributed by atoms with E-state index in [1.54, 1.807) is 0 Å². The standard InChI is InChI=1S/C16H16IN3O3/c17-12-6-4-11(5-7-12)2-1-3-16(21)19-15-10-13(20(22)23)8-9-14(15)18/h4-10H,1-3,18H2,(H,19,21). The van der Waals surface area contributed by atoms with Gasteiger partial charge in [-0.25, -0.2) is 0 Å². The first-order chi connectivity index (χ1) is 11.0. The van der Waals surface area contributed by atoms with Crippen LogP contribution in [0, 0.1) is 13.7 Å². The van der Waals surface area contributed by atoms with Crippen LogP contribution in [0.15, 0.2) is 42.5 Å². The molecule has 0 aliphatic heterocycles. The van der Waals surface area contributed by atoms with Gasteiger partial charge in [-0.15, -0.1) is 0 Å². The van der Waals surface area contributed by atoms with Crippen LogP contribution in [0.1, 0.15) is 18.4 Å². The van der Waals surface area contributed by atoms with Gasteiger partial charge in [0.25, 0.3) is 5.69 Å². The number of nitrogens with one attached hydrogen (secondary N) is 1. The monoisotopic (exact) mass is 425 g/mol. The Morgan fingerprint density at radius 3 is 2.57 bits per heavy atom. The first kappa shape index (κ1) is 17.2. The molecule has 0 heterocycles. The first-order valence-electron chi connectivity index (χ1n) is 7.04. The summed E-state index contributed by atoms with van der Waals surface area (Å²) in [5, 5.41) is 13.4. The molecule has 0 unspecified atom stereocenters. The molecule has 3 N–H and O–H groups in total. The van der Waals surface area contributed by atoms with Crippen LogP contribution in [-0.2, 0) is 11.2 Å². The SMILES string of the molecule is Nc1ccc([N+](=O)[O-])cc1NC(=O)CCCc1ccc(I)cc1. The van der Waals surface area contributed by atoms with Crippen molar-refractivity contribution in [2.24, 2.45) is 0 Å². The molecular weight excluding hydrogens is 409 g/mol. The highest BCUT2D eigenvalue weighted by molar-refractivity contribution is 14.1. The van der Waals surface area contributed by atoms with Gasteiger partial charge in [0.05, 0.1) is 16.3 Å². The number of carbonyl (C=O) groups excluding carboxylic acids is 1. The second-order valence-electron chi connectivity index (χ2n) is 5.06. The number of nitrogen functional groups attached to an aromatic ring is 1. The van der Waals surface area contributed by atoms with Gasteiger partial charge in [0.15, 0.2) is 0 Å². The molecule has 1 amide bonds. The van der Waals surface area contributed by atoms with Gasteiger partial charge in [0.2, 0.25) is 5.91 Å². The highest BCUT2D eigenvalue weighted by Crippen LogP contribution is 2.24. The molecule has 2 rings (SSSR count). The maximum Gasteiger partial charge on any atom is 0.271 e. The summed E-state index contributed by atoms with van der Waals surface area (Å²) in [4.78, 5) is 22.2. The molecule has 23 heavy (non-hydrogen) atoms. The fourth-order valence-corrected chi connectivity index (χ4v) is 2.44. The van der Waals surface area contributed by atoms with E-state index in [2.05, 4.69) is 27.9 Å². The number of benzene rings is 2. The van der Waals surface area contributed by atoms with Crippen molar-refractivity contribution in [3.8, 4) is 0 Å². The summed E-state index contributed by atoms with van der Waals surface area (Å²) in [6.45, 7) is 0. The smallest absolute Gasteiger partial charge is 0.271 e. The molecule has 0 fully saturated rings. The number of non-ortho nitro benzene ring substituents is 1. The second kappa shape index (κ2) is 7.91. The van der Waals surface area contributed by atoms with E-state index in [0.29, 0.717) is 18.5 Å². The lowest BCUT2D eigenvalue weighted by molar-refractivity contribution is -0.384. The molecule has 0 aliphatic carbocycles. The summed E-state index contributed by atoms with van der Waals surface area (Å²) in [5.41, 5.74) is 7.39. The Morgan fingerprint density at radius 2 is 1.91 bits per heavy atom. The van der Waals surface area contributed by atoms with Crippen LogP contribution in [0.2, 0.25) is 0 Å². The Balaban J connectivity index is 1.88. The maximum atomic E-state index is 12.0. The van der Waals surface area contributed by atoms with Crippen molar-refractivity contribution in [2.75, 3.05) is 11.1 Å². The lowest BCUT2D eigenvalue weighted by atomic mass is 10.1. The number of nitrogens with two attached hydrogens (primary N) is 1. The van der Waals surface area contributed by atoms with Gasteiger partial charge in [0.1, 0.15) is 0 Å². The average Bonchev–Trinajstić information content (AvgIpc) is 2.51. The van der Waals surface area contributed by atoms with E-state index in [4.69, 9.17) is 5.73 Å². The zero-order valence-electron chi connectivity index (χ0n) is 12.3. The Kier molecular flexibility index (Phi) is 5.91. The fraction of sp³-hybridized carbons (Fsp3) is 0.188. The molecule has 0 radical (unpaired) electrons. The highest BCUT2D eigenvalue weighted by atomic mass is 127. The minimum absolute atomic E-state index is 0.103. The van der Waals surface area contributed by atoms with Crippen molar-refractivity contribution in [2.45, 2.75) is 19.3 Å². The molecule has 0 aromatic heterocycles. The van der Waals surface area contributed by atoms with Crippen LogP contribution in [0.25, 0.3) is 0 Å². The van der Waals surface area contributed by atoms with Crippen LogP contribution in [-0.4, -0.2) is 10.8 Å². The maximum absolute atomic E-state index is 12.0. The largest absolute Gasteiger partial charge is 0.397 e. The molecule has 7 heteroatoms. The van der Waals surface area contributed by atoms with Crippen LogP contribution >= 0.6 is 22.6 Å². The van der Waals surface area contributed by atoms with Crippen molar-refractivity contribution < 1.29 is 9.72 Å². The Labute approximate surface area is 147 Å². The summed E-state index contributed by atoms with van der Waals surface area (Å²) in [7, 11) is 0. The van der Waals surface area contributed by atoms with E-state index < -0.39 is 4.92 Å². The number of hydrogen-bond donors (Lipinski definition) is 2. The van der Waals surface area contributed by atoms with E-state index in [1.165, 1.54) is 27.3 Å². The van der Waals surface area contributed by atoms with E-state index >= 15 is 0 Å². The second-order valence-corrected chi connectivity index (χ2v) is 6.30. The van der Waals surface area contributed by atoms with Crippen molar-refractivity contribution in [3.05, 3.63) is 61.7 Å². The molecule has 2 aromatic rings. The highest BCUT2D eigenvalue weighted by Gasteiger charge is 2.11. The van der Waals surface area contributed by atoms with E-state index in [1.807, 2.05) is 24.3 Å². The van der Waals surface area contributed by atoms with Gasteiger partial charge < -0.3 is 11.1 Å². The third kappa shape index (κ3) is 5.20. The van der Waals surface area contributed by atoms with Crippen LogP contribution in [0.5, 0.6) is 0 Å². The number of nitro groups is 1. The van der Waals surface area contributed by atoms with Crippen LogP contribution in [0.3, 0.4) is 0 Å². The van der Waals surface area contributed by atoms with Gasteiger partial charge in [-0.05, 0) is 59.2 Å². The molecule has 0 saturated heterocycles. The first-order valence-corrected chi connectivity index (χ1v) is 8.12. The average molecular weight is 425 g/mol. The minimum Gasteiger partial charge on any atom is -0.397 e. The predicted octanol–water partition coefficient (Wildman–Crippen LogP) is 3.74. The lowest BCUT2D eigenvalue weighted by Crippen LogP contribution is -2.13. The normalized spacial score (nSPS) is 10.3. The van der Waals surface area contributed by atoms with Gasteiger partial charge in [0, 0.05) is 22.1 Å². The van der Waals surface area contributed by atoms with Crippen molar-refractivity contribution in [1.82, 2.24) is 0 Å².